The molecule has 0 radical (unpaired) electrons. The summed E-state index contributed by atoms with van der Waals surface area (Å²) >= 11 is 5.93. The van der Waals surface area contributed by atoms with Gasteiger partial charge >= 0.3 is 0 Å². The van der Waals surface area contributed by atoms with E-state index in [-0.39, 0.29) is 5.91 Å². The average molecular weight is 388 g/mol. The summed E-state index contributed by atoms with van der Waals surface area (Å²) in [4.78, 5) is 12.2. The third kappa shape index (κ3) is 3.97. The van der Waals surface area contributed by atoms with Gasteiger partial charge in [0.15, 0.2) is 0 Å². The van der Waals surface area contributed by atoms with Crippen molar-refractivity contribution in [2.75, 3.05) is 0 Å². The summed E-state index contributed by atoms with van der Waals surface area (Å²) in [5, 5.41) is 5.73. The number of hydrazone groups is 1. The van der Waals surface area contributed by atoms with Crippen molar-refractivity contribution in [3.05, 3.63) is 107 Å². The van der Waals surface area contributed by atoms with Gasteiger partial charge in [0.2, 0.25) is 0 Å². The van der Waals surface area contributed by atoms with Crippen LogP contribution in [0.2, 0.25) is 5.02 Å². The quantitative estimate of drug-likeness (QED) is 0.375. The zero-order chi connectivity index (χ0) is 19.3. The number of aromatic nitrogens is 1. The molecule has 0 aliphatic carbocycles. The maximum Gasteiger partial charge on any atom is 0.271 e. The lowest BCUT2D eigenvalue weighted by molar-refractivity contribution is 0.0955. The minimum atomic E-state index is -0.299. The molecular weight excluding hydrogens is 370 g/mol. The molecule has 28 heavy (non-hydrogen) atoms. The number of benzene rings is 3. The highest BCUT2D eigenvalue weighted by atomic mass is 35.5. The van der Waals surface area contributed by atoms with Gasteiger partial charge in [-0.05, 0) is 29.8 Å². The first-order valence-electron chi connectivity index (χ1n) is 8.91. The highest BCUT2D eigenvalue weighted by Gasteiger charge is 2.08. The number of hydrogen-bond acceptors (Lipinski definition) is 2. The van der Waals surface area contributed by atoms with E-state index in [4.69, 9.17) is 11.6 Å². The van der Waals surface area contributed by atoms with Crippen LogP contribution in [0, 0.1) is 0 Å². The Morgan fingerprint density at radius 1 is 1.00 bits per heavy atom. The van der Waals surface area contributed by atoms with Crippen molar-refractivity contribution in [3.8, 4) is 0 Å². The van der Waals surface area contributed by atoms with Gasteiger partial charge in [-0.3, -0.25) is 4.79 Å². The van der Waals surface area contributed by atoms with Gasteiger partial charge in [-0.25, -0.2) is 5.43 Å². The first kappa shape index (κ1) is 18.0. The summed E-state index contributed by atoms with van der Waals surface area (Å²) in [5.74, 6) is -0.299. The van der Waals surface area contributed by atoms with Crippen LogP contribution in [-0.4, -0.2) is 16.7 Å². The van der Waals surface area contributed by atoms with Crippen molar-refractivity contribution in [2.24, 2.45) is 5.10 Å². The second kappa shape index (κ2) is 8.11. The van der Waals surface area contributed by atoms with E-state index in [9.17, 15) is 4.79 Å². The van der Waals surface area contributed by atoms with Gasteiger partial charge in [-0.2, -0.15) is 5.10 Å². The first-order chi connectivity index (χ1) is 13.7. The Hall–Kier alpha value is -3.37. The van der Waals surface area contributed by atoms with E-state index in [1.165, 1.54) is 5.56 Å². The maximum atomic E-state index is 12.2. The number of nitrogens with zero attached hydrogens (tertiary/aromatic N) is 2. The zero-order valence-electron chi connectivity index (χ0n) is 15.0. The number of rotatable bonds is 5. The third-order valence-corrected chi connectivity index (χ3v) is 4.71. The van der Waals surface area contributed by atoms with Crippen molar-refractivity contribution in [1.29, 1.82) is 0 Å². The lowest BCUT2D eigenvalue weighted by Gasteiger charge is -2.05. The van der Waals surface area contributed by atoms with Crippen LogP contribution in [0.3, 0.4) is 0 Å². The number of amides is 1. The topological polar surface area (TPSA) is 46.4 Å². The molecule has 1 aromatic heterocycles. The van der Waals surface area contributed by atoms with Crippen LogP contribution in [-0.2, 0) is 6.54 Å². The van der Waals surface area contributed by atoms with Crippen LogP contribution in [0.15, 0.2) is 90.2 Å². The summed E-state index contributed by atoms with van der Waals surface area (Å²) in [6, 6.07) is 25.2. The van der Waals surface area contributed by atoms with Crippen molar-refractivity contribution in [3.63, 3.8) is 0 Å². The van der Waals surface area contributed by atoms with Gasteiger partial charge in [0.25, 0.3) is 5.91 Å². The highest BCUT2D eigenvalue weighted by Crippen LogP contribution is 2.21. The number of hydrogen-bond donors (Lipinski definition) is 1. The van der Waals surface area contributed by atoms with Crippen LogP contribution in [0.25, 0.3) is 10.9 Å². The molecule has 1 heterocycles. The molecule has 0 bridgehead atoms. The van der Waals surface area contributed by atoms with E-state index in [1.807, 2.05) is 36.5 Å². The molecule has 3 aromatic carbocycles. The smallest absolute Gasteiger partial charge is 0.271 e. The zero-order valence-corrected chi connectivity index (χ0v) is 15.8. The molecular formula is C23H18ClN3O. The molecule has 5 heteroatoms. The monoisotopic (exact) mass is 387 g/mol. The predicted octanol–water partition coefficient (Wildman–Crippen LogP) is 5.11. The Morgan fingerprint density at radius 2 is 1.79 bits per heavy atom. The molecule has 0 aliphatic rings. The van der Waals surface area contributed by atoms with Crippen LogP contribution in [0.4, 0.5) is 0 Å². The van der Waals surface area contributed by atoms with E-state index in [0.717, 1.165) is 23.0 Å². The second-order valence-electron chi connectivity index (χ2n) is 6.42. The van der Waals surface area contributed by atoms with Crippen molar-refractivity contribution in [1.82, 2.24) is 9.99 Å². The molecule has 0 saturated carbocycles. The number of carbonyl (C=O) groups excluding carboxylic acids is 1. The Balaban J connectivity index is 1.57. The molecule has 1 N–H and O–H groups in total. The van der Waals surface area contributed by atoms with Gasteiger partial charge in [-0.1, -0.05) is 66.2 Å². The largest absolute Gasteiger partial charge is 0.342 e. The Labute approximate surface area is 168 Å². The third-order valence-electron chi connectivity index (χ3n) is 4.47. The van der Waals surface area contributed by atoms with Crippen LogP contribution in [0.5, 0.6) is 0 Å². The number of nitrogens with one attached hydrogen (secondary N) is 1. The molecule has 1 amide bonds. The van der Waals surface area contributed by atoms with Crippen molar-refractivity contribution >= 4 is 34.6 Å². The molecule has 0 spiro atoms. The minimum Gasteiger partial charge on any atom is -0.342 e. The normalized spacial score (nSPS) is 11.2. The number of carbonyl (C=O) groups is 1. The molecule has 0 aliphatic heterocycles. The molecule has 0 unspecified atom stereocenters. The summed E-state index contributed by atoms with van der Waals surface area (Å²) in [6.45, 7) is 0.768. The Kier molecular flexibility index (Phi) is 5.22. The fraction of sp³-hybridized carbons (Fsp3) is 0.0435. The molecule has 0 atom stereocenters. The van der Waals surface area contributed by atoms with Gasteiger partial charge in [-0.15, -0.1) is 0 Å². The van der Waals surface area contributed by atoms with Crippen LogP contribution in [0.1, 0.15) is 21.5 Å². The summed E-state index contributed by atoms with van der Waals surface area (Å²) in [5.41, 5.74) is 6.31. The van der Waals surface area contributed by atoms with Crippen molar-refractivity contribution < 1.29 is 4.79 Å². The van der Waals surface area contributed by atoms with Gasteiger partial charge < -0.3 is 4.57 Å². The van der Waals surface area contributed by atoms with Crippen LogP contribution < -0.4 is 5.43 Å². The SMILES string of the molecule is O=C(N/N=C\c1cn(Cc2ccccc2)c2ccccc12)c1cccc(Cl)c1. The number of fused-ring (bicyclic) bond motifs is 1. The lowest BCUT2D eigenvalue weighted by Crippen LogP contribution is -2.17. The molecule has 4 aromatic rings. The van der Waals surface area contributed by atoms with Crippen molar-refractivity contribution in [2.45, 2.75) is 6.54 Å². The summed E-state index contributed by atoms with van der Waals surface area (Å²) in [6.07, 6.45) is 3.72. The Morgan fingerprint density at radius 3 is 2.61 bits per heavy atom. The van der Waals surface area contributed by atoms with Gasteiger partial charge in [0, 0.05) is 39.8 Å². The molecule has 0 saturated heterocycles. The highest BCUT2D eigenvalue weighted by molar-refractivity contribution is 6.30. The number of para-hydroxylation sites is 1. The maximum absolute atomic E-state index is 12.2. The summed E-state index contributed by atoms with van der Waals surface area (Å²) in [7, 11) is 0. The van der Waals surface area contributed by atoms with E-state index >= 15 is 0 Å². The van der Waals surface area contributed by atoms with Gasteiger partial charge in [0.05, 0.1) is 6.21 Å². The predicted molar refractivity (Wildman–Crippen MR) is 114 cm³/mol. The first-order valence-corrected chi connectivity index (χ1v) is 9.29. The summed E-state index contributed by atoms with van der Waals surface area (Å²) < 4.78 is 2.19. The average Bonchev–Trinajstić information content (AvgIpc) is 3.06. The molecule has 4 rings (SSSR count). The van der Waals surface area contributed by atoms with Crippen LogP contribution >= 0.6 is 11.6 Å². The van der Waals surface area contributed by atoms with E-state index in [0.29, 0.717) is 10.6 Å². The second-order valence-corrected chi connectivity index (χ2v) is 6.86. The fourth-order valence-corrected chi connectivity index (χ4v) is 3.33. The van der Waals surface area contributed by atoms with E-state index in [2.05, 4.69) is 39.4 Å². The molecule has 138 valence electrons. The molecule has 0 fully saturated rings. The Bertz CT molecular complexity index is 1150. The number of halogens is 1. The lowest BCUT2D eigenvalue weighted by atomic mass is 10.2. The van der Waals surface area contributed by atoms with E-state index in [1.54, 1.807) is 30.5 Å². The fourth-order valence-electron chi connectivity index (χ4n) is 3.14. The van der Waals surface area contributed by atoms with E-state index < -0.39 is 0 Å². The standard InChI is InChI=1S/C23H18ClN3O/c24-20-10-6-9-18(13-20)23(28)26-25-14-19-16-27(15-17-7-2-1-3-8-17)22-12-5-4-11-21(19)22/h1-14,16H,15H2,(H,26,28)/b25-14-. The molecule has 4 nitrogen and oxygen atoms in total. The van der Waals surface area contributed by atoms with Gasteiger partial charge in [0.1, 0.15) is 0 Å². The minimum absolute atomic E-state index is 0.299.